The second-order valence-corrected chi connectivity index (χ2v) is 2.52. The van der Waals surface area contributed by atoms with Crippen molar-refractivity contribution in [1.82, 2.24) is 0 Å². The molecule has 0 atom stereocenters. The predicted octanol–water partition coefficient (Wildman–Crippen LogP) is 3.51. The van der Waals surface area contributed by atoms with Gasteiger partial charge in [-0.1, -0.05) is 38.8 Å². The van der Waals surface area contributed by atoms with Crippen molar-refractivity contribution in [2.45, 2.75) is 39.5 Å². The topological polar surface area (TPSA) is 17.1 Å². The molecule has 0 unspecified atom stereocenters. The lowest BCUT2D eigenvalue weighted by molar-refractivity contribution is -0.117. The maximum Gasteiger partial charge on any atom is 0.140 e. The number of hydrogen-bond donors (Lipinski definition) is 0. The Labute approximate surface area is 76.2 Å². The smallest absolute Gasteiger partial charge is 0.140 e. The molecule has 0 heterocycles. The van der Waals surface area contributed by atoms with E-state index in [2.05, 4.69) is 27.0 Å². The van der Waals surface area contributed by atoms with Gasteiger partial charge in [0.2, 0.25) is 0 Å². The Morgan fingerprint density at radius 2 is 1.42 bits per heavy atom. The molecule has 0 aliphatic heterocycles. The molecule has 0 aromatic carbocycles. The minimum Gasteiger partial charge on any atom is -0.299 e. The van der Waals surface area contributed by atoms with Crippen LogP contribution in [-0.2, 0) is 4.79 Å². The zero-order chi connectivity index (χ0) is 9.82. The number of carbonyl (C=O) groups excluding carboxylic acids is 1. The van der Waals surface area contributed by atoms with Crippen molar-refractivity contribution in [2.24, 2.45) is 0 Å². The van der Waals surface area contributed by atoms with Gasteiger partial charge in [-0.25, -0.2) is 0 Å². The number of hydrogen-bond acceptors (Lipinski definition) is 1. The van der Waals surface area contributed by atoms with Gasteiger partial charge in [-0.3, -0.25) is 4.79 Å². The quantitative estimate of drug-likeness (QED) is 0.574. The standard InChI is InChI=1S/C7H10O.C4H10/c1-3-5-7(8)6-4-2;1-3-4-2/h3-4H,1-2,5-6H2;3-4H2,1-2H3. The zero-order valence-corrected chi connectivity index (χ0v) is 8.31. The molecule has 0 aromatic rings. The molecule has 1 nitrogen and oxygen atoms in total. The first-order valence-electron chi connectivity index (χ1n) is 4.46. The van der Waals surface area contributed by atoms with Gasteiger partial charge in [0.1, 0.15) is 5.78 Å². The molecule has 0 bridgehead atoms. The van der Waals surface area contributed by atoms with E-state index in [4.69, 9.17) is 0 Å². The van der Waals surface area contributed by atoms with E-state index in [1.165, 1.54) is 12.8 Å². The maximum atomic E-state index is 10.5. The third-order valence-corrected chi connectivity index (χ3v) is 1.24. The molecular formula is C11H20O. The summed E-state index contributed by atoms with van der Waals surface area (Å²) >= 11 is 0. The van der Waals surface area contributed by atoms with E-state index in [0.29, 0.717) is 12.8 Å². The number of rotatable bonds is 5. The highest BCUT2D eigenvalue weighted by Crippen LogP contribution is 1.89. The molecule has 0 radical (unpaired) electrons. The Hall–Kier alpha value is -0.850. The Morgan fingerprint density at radius 3 is 1.58 bits per heavy atom. The molecule has 1 heteroatoms. The van der Waals surface area contributed by atoms with Crippen molar-refractivity contribution in [3.8, 4) is 0 Å². The number of carbonyl (C=O) groups is 1. The highest BCUT2D eigenvalue weighted by molar-refractivity contribution is 5.80. The first kappa shape index (κ1) is 13.7. The maximum absolute atomic E-state index is 10.5. The second kappa shape index (κ2) is 12.8. The van der Waals surface area contributed by atoms with Crippen LogP contribution in [-0.4, -0.2) is 5.78 Å². The monoisotopic (exact) mass is 168 g/mol. The van der Waals surface area contributed by atoms with Gasteiger partial charge in [0.15, 0.2) is 0 Å². The van der Waals surface area contributed by atoms with E-state index in [9.17, 15) is 4.79 Å². The van der Waals surface area contributed by atoms with Crippen LogP contribution < -0.4 is 0 Å². The van der Waals surface area contributed by atoms with Crippen molar-refractivity contribution in [3.05, 3.63) is 25.3 Å². The summed E-state index contributed by atoms with van der Waals surface area (Å²) in [6.07, 6.45) is 6.77. The van der Waals surface area contributed by atoms with Gasteiger partial charge in [-0.05, 0) is 0 Å². The minimum atomic E-state index is 0.176. The van der Waals surface area contributed by atoms with E-state index in [1.54, 1.807) is 12.2 Å². The van der Waals surface area contributed by atoms with Gasteiger partial charge in [0.05, 0.1) is 0 Å². The van der Waals surface area contributed by atoms with Crippen LogP contribution >= 0.6 is 0 Å². The first-order chi connectivity index (χ1) is 5.72. The van der Waals surface area contributed by atoms with Crippen LogP contribution in [0, 0.1) is 0 Å². The van der Waals surface area contributed by atoms with E-state index in [-0.39, 0.29) is 5.78 Å². The molecule has 0 aliphatic rings. The molecule has 0 amide bonds. The lowest BCUT2D eigenvalue weighted by Gasteiger charge is -1.85. The lowest BCUT2D eigenvalue weighted by Crippen LogP contribution is -1.90. The summed E-state index contributed by atoms with van der Waals surface area (Å²) in [6, 6.07) is 0. The number of allylic oxidation sites excluding steroid dienone is 2. The average Bonchev–Trinajstić information content (AvgIpc) is 2.06. The number of unbranched alkanes of at least 4 members (excludes halogenated alkanes) is 1. The Kier molecular flexibility index (Phi) is 14.6. The summed E-state index contributed by atoms with van der Waals surface area (Å²) in [7, 11) is 0. The molecular weight excluding hydrogens is 148 g/mol. The summed E-state index contributed by atoms with van der Waals surface area (Å²) in [5.74, 6) is 0.176. The van der Waals surface area contributed by atoms with E-state index in [0.717, 1.165) is 0 Å². The molecule has 0 saturated carbocycles. The van der Waals surface area contributed by atoms with Crippen molar-refractivity contribution in [1.29, 1.82) is 0 Å². The highest BCUT2D eigenvalue weighted by atomic mass is 16.1. The normalized spacial score (nSPS) is 7.83. The van der Waals surface area contributed by atoms with Crippen molar-refractivity contribution in [2.75, 3.05) is 0 Å². The zero-order valence-electron chi connectivity index (χ0n) is 8.31. The molecule has 70 valence electrons. The fourth-order valence-corrected chi connectivity index (χ4v) is 0.405. The molecule has 0 N–H and O–H groups in total. The largest absolute Gasteiger partial charge is 0.299 e. The van der Waals surface area contributed by atoms with Gasteiger partial charge in [-0.15, -0.1) is 13.2 Å². The van der Waals surface area contributed by atoms with Crippen LogP contribution in [0.2, 0.25) is 0 Å². The van der Waals surface area contributed by atoms with Gasteiger partial charge in [-0.2, -0.15) is 0 Å². The summed E-state index contributed by atoms with van der Waals surface area (Å²) in [5.41, 5.74) is 0. The Bertz CT molecular complexity index is 111. The van der Waals surface area contributed by atoms with Crippen LogP contribution in [0.25, 0.3) is 0 Å². The average molecular weight is 168 g/mol. The third-order valence-electron chi connectivity index (χ3n) is 1.24. The minimum absolute atomic E-state index is 0.176. The highest BCUT2D eigenvalue weighted by Gasteiger charge is 1.91. The van der Waals surface area contributed by atoms with Crippen LogP contribution in [0.3, 0.4) is 0 Å². The number of ketones is 1. The van der Waals surface area contributed by atoms with Gasteiger partial charge in [0, 0.05) is 12.8 Å². The lowest BCUT2D eigenvalue weighted by atomic mass is 10.2. The first-order valence-corrected chi connectivity index (χ1v) is 4.46. The van der Waals surface area contributed by atoms with Crippen molar-refractivity contribution >= 4 is 5.78 Å². The van der Waals surface area contributed by atoms with Gasteiger partial charge >= 0.3 is 0 Å². The Morgan fingerprint density at radius 1 is 1.08 bits per heavy atom. The van der Waals surface area contributed by atoms with Gasteiger partial charge in [0.25, 0.3) is 0 Å². The molecule has 0 spiro atoms. The van der Waals surface area contributed by atoms with Crippen molar-refractivity contribution < 1.29 is 4.79 Å². The van der Waals surface area contributed by atoms with E-state index < -0.39 is 0 Å². The number of Topliss-reactive ketones (excluding diaryl/α,β-unsaturated/α-hetero) is 1. The molecule has 12 heavy (non-hydrogen) atoms. The summed E-state index contributed by atoms with van der Waals surface area (Å²) in [5, 5.41) is 0. The summed E-state index contributed by atoms with van der Waals surface area (Å²) in [6.45, 7) is 11.2. The SMILES string of the molecule is C=CCC(=O)CC=C.CCCC. The fourth-order valence-electron chi connectivity index (χ4n) is 0.405. The fraction of sp³-hybridized carbons (Fsp3) is 0.545. The molecule has 0 aromatic heterocycles. The van der Waals surface area contributed by atoms with E-state index >= 15 is 0 Å². The summed E-state index contributed by atoms with van der Waals surface area (Å²) in [4.78, 5) is 10.5. The molecule has 0 aliphatic carbocycles. The van der Waals surface area contributed by atoms with Crippen LogP contribution in [0.4, 0.5) is 0 Å². The van der Waals surface area contributed by atoms with E-state index in [1.807, 2.05) is 0 Å². The molecule has 0 rings (SSSR count). The van der Waals surface area contributed by atoms with Gasteiger partial charge < -0.3 is 0 Å². The molecule has 0 saturated heterocycles. The predicted molar refractivity (Wildman–Crippen MR) is 55.2 cm³/mol. The van der Waals surface area contributed by atoms with Crippen LogP contribution in [0.5, 0.6) is 0 Å². The van der Waals surface area contributed by atoms with Crippen molar-refractivity contribution in [3.63, 3.8) is 0 Å². The van der Waals surface area contributed by atoms with Crippen LogP contribution in [0.15, 0.2) is 25.3 Å². The molecule has 0 fully saturated rings. The van der Waals surface area contributed by atoms with Crippen LogP contribution in [0.1, 0.15) is 39.5 Å². The second-order valence-electron chi connectivity index (χ2n) is 2.52. The summed E-state index contributed by atoms with van der Waals surface area (Å²) < 4.78 is 0. The third kappa shape index (κ3) is 16.1. The Balaban J connectivity index is 0.